The van der Waals surface area contributed by atoms with Crippen LogP contribution in [0, 0.1) is 12.8 Å². The molecule has 2 aromatic heterocycles. The lowest BCUT2D eigenvalue weighted by Gasteiger charge is -2.12. The number of rotatable bonds is 6. The van der Waals surface area contributed by atoms with Gasteiger partial charge in [0.1, 0.15) is 4.90 Å². The molecule has 0 amide bonds. The zero-order valence-electron chi connectivity index (χ0n) is 12.1. The zero-order valence-corrected chi connectivity index (χ0v) is 13.7. The van der Waals surface area contributed by atoms with Crippen LogP contribution in [0.4, 0.5) is 0 Å². The van der Waals surface area contributed by atoms with Gasteiger partial charge in [0.25, 0.3) is 0 Å². The van der Waals surface area contributed by atoms with Crippen molar-refractivity contribution in [3.63, 3.8) is 0 Å². The third-order valence-corrected chi connectivity index (χ3v) is 4.70. The molecule has 2 aromatic rings. The van der Waals surface area contributed by atoms with Crippen LogP contribution in [0.3, 0.4) is 0 Å². The van der Waals surface area contributed by atoms with E-state index < -0.39 is 10.0 Å². The van der Waals surface area contributed by atoms with Crippen molar-refractivity contribution in [1.29, 1.82) is 0 Å². The number of halogens is 1. The maximum Gasteiger partial charge on any atom is 0.243 e. The van der Waals surface area contributed by atoms with Gasteiger partial charge in [0.05, 0.1) is 16.9 Å². The van der Waals surface area contributed by atoms with Crippen LogP contribution in [-0.2, 0) is 23.6 Å². The SMILES string of the molecule is Cc1nn(C)cc1S(=O)(=O)NC[C@H](C)Cn1cc(Cl)cn1. The fourth-order valence-corrected chi connectivity index (χ4v) is 3.53. The highest BCUT2D eigenvalue weighted by atomic mass is 35.5. The predicted molar refractivity (Wildman–Crippen MR) is 79.5 cm³/mol. The van der Waals surface area contributed by atoms with Crippen LogP contribution >= 0.6 is 11.6 Å². The van der Waals surface area contributed by atoms with Crippen molar-refractivity contribution in [1.82, 2.24) is 24.3 Å². The van der Waals surface area contributed by atoms with Crippen LogP contribution in [0.15, 0.2) is 23.5 Å². The van der Waals surface area contributed by atoms with Gasteiger partial charge in [-0.05, 0) is 12.8 Å². The third-order valence-electron chi connectivity index (χ3n) is 2.98. The maximum atomic E-state index is 12.2. The molecule has 1 atom stereocenters. The average Bonchev–Trinajstić information content (AvgIpc) is 2.93. The van der Waals surface area contributed by atoms with E-state index in [4.69, 9.17) is 11.6 Å². The van der Waals surface area contributed by atoms with Gasteiger partial charge in [-0.2, -0.15) is 10.2 Å². The quantitative estimate of drug-likeness (QED) is 0.862. The molecule has 2 rings (SSSR count). The van der Waals surface area contributed by atoms with Crippen LogP contribution in [0.25, 0.3) is 0 Å². The Morgan fingerprint density at radius 1 is 1.43 bits per heavy atom. The summed E-state index contributed by atoms with van der Waals surface area (Å²) in [6, 6.07) is 0. The fraction of sp³-hybridized carbons (Fsp3) is 0.500. The van der Waals surface area contributed by atoms with Crippen LogP contribution < -0.4 is 4.72 Å². The molecule has 0 aromatic carbocycles. The number of nitrogens with one attached hydrogen (secondary N) is 1. The van der Waals surface area contributed by atoms with E-state index >= 15 is 0 Å². The Labute approximate surface area is 129 Å². The summed E-state index contributed by atoms with van der Waals surface area (Å²) in [6.45, 7) is 4.51. The fourth-order valence-electron chi connectivity index (χ4n) is 1.99. The lowest BCUT2D eigenvalue weighted by atomic mass is 10.2. The van der Waals surface area contributed by atoms with Crippen LogP contribution in [0.2, 0.25) is 5.02 Å². The van der Waals surface area contributed by atoms with Gasteiger partial charge in [-0.25, -0.2) is 13.1 Å². The molecule has 0 aliphatic carbocycles. The summed E-state index contributed by atoms with van der Waals surface area (Å²) in [4.78, 5) is 0.208. The van der Waals surface area contributed by atoms with Crippen molar-refractivity contribution < 1.29 is 8.42 Å². The van der Waals surface area contributed by atoms with Crippen molar-refractivity contribution in [2.75, 3.05) is 6.54 Å². The monoisotopic (exact) mass is 331 g/mol. The predicted octanol–water partition coefficient (Wildman–Crippen LogP) is 1.19. The Morgan fingerprint density at radius 3 is 2.67 bits per heavy atom. The molecule has 0 radical (unpaired) electrons. The van der Waals surface area contributed by atoms with Gasteiger partial charge in [0.2, 0.25) is 10.0 Å². The molecule has 7 nitrogen and oxygen atoms in total. The molecule has 0 bridgehead atoms. The summed E-state index contributed by atoms with van der Waals surface area (Å²) in [7, 11) is -1.85. The number of hydrogen-bond donors (Lipinski definition) is 1. The van der Waals surface area contributed by atoms with Crippen molar-refractivity contribution in [3.8, 4) is 0 Å². The highest BCUT2D eigenvalue weighted by molar-refractivity contribution is 7.89. The van der Waals surface area contributed by atoms with E-state index in [0.717, 1.165) is 0 Å². The first-order valence-corrected chi connectivity index (χ1v) is 8.32. The molecule has 0 unspecified atom stereocenters. The minimum absolute atomic E-state index is 0.0766. The van der Waals surface area contributed by atoms with Crippen LogP contribution in [0.1, 0.15) is 12.6 Å². The van der Waals surface area contributed by atoms with Crippen molar-refractivity contribution in [2.24, 2.45) is 13.0 Å². The van der Waals surface area contributed by atoms with Gasteiger partial charge >= 0.3 is 0 Å². The minimum atomic E-state index is -3.54. The topological polar surface area (TPSA) is 81.8 Å². The average molecular weight is 332 g/mol. The van der Waals surface area contributed by atoms with E-state index in [2.05, 4.69) is 14.9 Å². The molecular weight excluding hydrogens is 314 g/mol. The molecule has 0 spiro atoms. The highest BCUT2D eigenvalue weighted by Gasteiger charge is 2.20. The number of hydrogen-bond acceptors (Lipinski definition) is 4. The molecule has 0 aliphatic heterocycles. The van der Waals surface area contributed by atoms with E-state index in [9.17, 15) is 8.42 Å². The lowest BCUT2D eigenvalue weighted by Crippen LogP contribution is -2.30. The first-order valence-electron chi connectivity index (χ1n) is 6.46. The number of sulfonamides is 1. The highest BCUT2D eigenvalue weighted by Crippen LogP contribution is 2.13. The summed E-state index contributed by atoms with van der Waals surface area (Å²) < 4.78 is 30.2. The van der Waals surface area contributed by atoms with Crippen molar-refractivity contribution in [3.05, 3.63) is 29.3 Å². The third kappa shape index (κ3) is 4.05. The Hall–Kier alpha value is -1.38. The summed E-state index contributed by atoms with van der Waals surface area (Å²) in [6.07, 6.45) is 4.75. The summed E-state index contributed by atoms with van der Waals surface area (Å²) in [5.41, 5.74) is 0.483. The summed E-state index contributed by atoms with van der Waals surface area (Å²) in [5.74, 6) is 0.0766. The molecule has 1 N–H and O–H groups in total. The van der Waals surface area contributed by atoms with E-state index in [1.54, 1.807) is 31.0 Å². The van der Waals surface area contributed by atoms with E-state index in [1.807, 2.05) is 6.92 Å². The normalized spacial score (nSPS) is 13.5. The van der Waals surface area contributed by atoms with E-state index in [1.165, 1.54) is 10.9 Å². The molecule has 0 aliphatic rings. The molecular formula is C12H18ClN5O2S. The molecule has 116 valence electrons. The van der Waals surface area contributed by atoms with Gasteiger partial charge in [-0.1, -0.05) is 18.5 Å². The Morgan fingerprint density at radius 2 is 2.14 bits per heavy atom. The first kappa shape index (κ1) is 16.0. The summed E-state index contributed by atoms with van der Waals surface area (Å²) in [5, 5.41) is 8.68. The minimum Gasteiger partial charge on any atom is -0.274 e. The lowest BCUT2D eigenvalue weighted by molar-refractivity contribution is 0.443. The van der Waals surface area contributed by atoms with E-state index in [-0.39, 0.29) is 10.8 Å². The van der Waals surface area contributed by atoms with Gasteiger partial charge in [-0.15, -0.1) is 0 Å². The molecule has 21 heavy (non-hydrogen) atoms. The second kappa shape index (κ2) is 6.17. The molecule has 0 saturated carbocycles. The van der Waals surface area contributed by atoms with Crippen molar-refractivity contribution in [2.45, 2.75) is 25.3 Å². The summed E-state index contributed by atoms with van der Waals surface area (Å²) >= 11 is 5.79. The van der Waals surface area contributed by atoms with Crippen LogP contribution in [0.5, 0.6) is 0 Å². The number of aromatic nitrogens is 4. The standard InChI is InChI=1S/C12H18ClN5O2S/c1-9(6-18-7-11(13)5-14-18)4-15-21(19,20)12-8-17(3)16-10(12)2/h5,7-9,15H,4,6H2,1-3H3/t9-/m0/s1. The molecule has 0 fully saturated rings. The maximum absolute atomic E-state index is 12.2. The Balaban J connectivity index is 1.97. The first-order chi connectivity index (χ1) is 9.78. The number of nitrogens with zero attached hydrogens (tertiary/aromatic N) is 4. The van der Waals surface area contributed by atoms with Gasteiger partial charge in [0.15, 0.2) is 0 Å². The second-order valence-corrected chi connectivity index (χ2v) is 7.26. The van der Waals surface area contributed by atoms with E-state index in [0.29, 0.717) is 23.8 Å². The zero-order chi connectivity index (χ0) is 15.6. The molecule has 2 heterocycles. The van der Waals surface area contributed by atoms with Gasteiger partial charge < -0.3 is 0 Å². The largest absolute Gasteiger partial charge is 0.274 e. The Kier molecular flexibility index (Phi) is 4.70. The van der Waals surface area contributed by atoms with Crippen molar-refractivity contribution >= 4 is 21.6 Å². The Bertz CT molecular complexity index is 722. The smallest absolute Gasteiger partial charge is 0.243 e. The van der Waals surface area contributed by atoms with Gasteiger partial charge in [0, 0.05) is 32.5 Å². The van der Waals surface area contributed by atoms with Gasteiger partial charge in [-0.3, -0.25) is 9.36 Å². The van der Waals surface area contributed by atoms with Crippen LogP contribution in [-0.4, -0.2) is 34.5 Å². The molecule has 9 heteroatoms. The second-order valence-electron chi connectivity index (χ2n) is 5.09. The molecule has 0 saturated heterocycles. The number of aryl methyl sites for hydroxylation is 2.